The molecule has 0 saturated carbocycles. The number of benzene rings is 2. The quantitative estimate of drug-likeness (QED) is 0.448. The van der Waals surface area contributed by atoms with E-state index in [1.54, 1.807) is 0 Å². The summed E-state index contributed by atoms with van der Waals surface area (Å²) in [6, 6.07) is 16.0. The van der Waals surface area contributed by atoms with Crippen molar-refractivity contribution in [3.63, 3.8) is 0 Å². The van der Waals surface area contributed by atoms with E-state index in [2.05, 4.69) is 31.3 Å². The molecule has 0 heterocycles. The van der Waals surface area contributed by atoms with Gasteiger partial charge in [0.1, 0.15) is 0 Å². The van der Waals surface area contributed by atoms with Crippen molar-refractivity contribution < 1.29 is 9.72 Å². The summed E-state index contributed by atoms with van der Waals surface area (Å²) < 4.78 is 1.31. The first-order valence-electron chi connectivity index (χ1n) is 7.70. The molecule has 0 unspecified atom stereocenters. The molecule has 1 amide bonds. The predicted octanol–water partition coefficient (Wildman–Crippen LogP) is 2.80. The zero-order chi connectivity index (χ0) is 17.5. The van der Waals surface area contributed by atoms with Gasteiger partial charge in [0, 0.05) is 0 Å². The zero-order valence-electron chi connectivity index (χ0n) is 13.6. The summed E-state index contributed by atoms with van der Waals surface area (Å²) >= 11 is 0.291. The molecule has 0 aliphatic heterocycles. The third kappa shape index (κ3) is 5.18. The van der Waals surface area contributed by atoms with E-state index < -0.39 is 4.92 Å². The summed E-state index contributed by atoms with van der Waals surface area (Å²) in [5.41, 5.74) is 0.429. The summed E-state index contributed by atoms with van der Waals surface area (Å²) in [5, 5.41) is 14.6. The molecule has 0 saturated heterocycles. The summed E-state index contributed by atoms with van der Waals surface area (Å²) in [4.78, 5) is 22.6. The second kappa shape index (κ2) is 8.62. The van der Waals surface area contributed by atoms with Crippen molar-refractivity contribution in [2.75, 3.05) is 0 Å². The normalized spacial score (nSPS) is 12.0. The average molecular weight is 391 g/mol. The molecule has 0 aromatic heterocycles. The number of nitrogens with zero attached hydrogens (tertiary/aromatic N) is 1. The third-order valence-electron chi connectivity index (χ3n) is 3.63. The number of nitro benzene ring substituents is 1. The van der Waals surface area contributed by atoms with E-state index >= 15 is 0 Å². The Morgan fingerprint density at radius 3 is 2.29 bits per heavy atom. The maximum atomic E-state index is 12.4. The summed E-state index contributed by atoms with van der Waals surface area (Å²) in [7, 11) is 0. The van der Waals surface area contributed by atoms with Gasteiger partial charge in [0.15, 0.2) is 0 Å². The monoisotopic (exact) mass is 392 g/mol. The number of nitrogens with one attached hydrogen (secondary N) is 1. The number of nitro groups is 1. The van der Waals surface area contributed by atoms with Crippen LogP contribution in [0.2, 0.25) is 5.32 Å². The number of hydrogen-bond acceptors (Lipinski definition) is 3. The van der Waals surface area contributed by atoms with Crippen molar-refractivity contribution in [2.45, 2.75) is 25.2 Å². The van der Waals surface area contributed by atoms with Crippen LogP contribution in [0.25, 0.3) is 0 Å². The molecule has 1 atom stereocenters. The molecule has 0 aliphatic carbocycles. The van der Waals surface area contributed by atoms with Crippen molar-refractivity contribution in [1.29, 1.82) is 0 Å². The Labute approximate surface area is 147 Å². The van der Waals surface area contributed by atoms with E-state index in [0.29, 0.717) is 26.4 Å². The molecule has 0 fully saturated rings. The molecule has 2 aromatic rings. The molecule has 2 rings (SSSR count). The second-order valence-electron chi connectivity index (χ2n) is 5.75. The maximum absolute atomic E-state index is 12.4. The first kappa shape index (κ1) is 18.2. The fourth-order valence-corrected chi connectivity index (χ4v) is 4.59. The fourth-order valence-electron chi connectivity index (χ4n) is 2.09. The SMILES string of the molecule is CC(C)[C@@H](C[Se]c1ccccc1)NC(=O)c1ccc([N+](=O)[O-])cc1. The van der Waals surface area contributed by atoms with Gasteiger partial charge in [-0.25, -0.2) is 0 Å². The Morgan fingerprint density at radius 1 is 1.12 bits per heavy atom. The fraction of sp³-hybridized carbons (Fsp3) is 0.278. The molecule has 5 nitrogen and oxygen atoms in total. The van der Waals surface area contributed by atoms with Gasteiger partial charge in [-0.05, 0) is 0 Å². The minimum absolute atomic E-state index is 0.0145. The van der Waals surface area contributed by atoms with Gasteiger partial charge in [-0.15, -0.1) is 0 Å². The Balaban J connectivity index is 1.98. The topological polar surface area (TPSA) is 72.2 Å². The Hall–Kier alpha value is -2.17. The Bertz CT molecular complexity index is 687. The zero-order valence-corrected chi connectivity index (χ0v) is 15.4. The van der Waals surface area contributed by atoms with Gasteiger partial charge >= 0.3 is 147 Å². The molecular formula is C18H20N2O3Se. The molecule has 126 valence electrons. The first-order chi connectivity index (χ1) is 11.5. The molecule has 0 aliphatic rings. The predicted molar refractivity (Wildman–Crippen MR) is 95.8 cm³/mol. The second-order valence-corrected chi connectivity index (χ2v) is 8.05. The number of non-ortho nitro benzene ring substituents is 1. The van der Waals surface area contributed by atoms with Gasteiger partial charge in [-0.2, -0.15) is 0 Å². The van der Waals surface area contributed by atoms with Crippen LogP contribution in [0.15, 0.2) is 54.6 Å². The Morgan fingerprint density at radius 2 is 1.75 bits per heavy atom. The number of carbonyl (C=O) groups is 1. The number of carbonyl (C=O) groups excluding carboxylic acids is 1. The van der Waals surface area contributed by atoms with E-state index in [0.717, 1.165) is 5.32 Å². The van der Waals surface area contributed by atoms with Crippen LogP contribution in [0.5, 0.6) is 0 Å². The van der Waals surface area contributed by atoms with E-state index in [1.807, 2.05) is 18.2 Å². The molecular weight excluding hydrogens is 371 g/mol. The third-order valence-corrected chi connectivity index (χ3v) is 6.01. The van der Waals surface area contributed by atoms with Crippen LogP contribution in [0.4, 0.5) is 5.69 Å². The average Bonchev–Trinajstić information content (AvgIpc) is 2.59. The summed E-state index contributed by atoms with van der Waals surface area (Å²) in [6.45, 7) is 4.17. The molecule has 0 spiro atoms. The molecule has 6 heteroatoms. The van der Waals surface area contributed by atoms with Gasteiger partial charge in [0.2, 0.25) is 0 Å². The summed E-state index contributed by atoms with van der Waals surface area (Å²) in [5.74, 6) is 0.130. The number of amides is 1. The first-order valence-corrected chi connectivity index (χ1v) is 9.77. The van der Waals surface area contributed by atoms with Crippen LogP contribution < -0.4 is 9.78 Å². The number of hydrogen-bond donors (Lipinski definition) is 1. The minimum atomic E-state index is -0.471. The van der Waals surface area contributed by atoms with Crippen LogP contribution in [0.3, 0.4) is 0 Å². The molecule has 1 N–H and O–H groups in total. The molecule has 0 bridgehead atoms. The van der Waals surface area contributed by atoms with Crippen molar-refractivity contribution >= 4 is 31.0 Å². The van der Waals surface area contributed by atoms with Crippen LogP contribution in [-0.4, -0.2) is 31.8 Å². The van der Waals surface area contributed by atoms with Crippen molar-refractivity contribution in [3.05, 3.63) is 70.3 Å². The van der Waals surface area contributed by atoms with E-state index in [4.69, 9.17) is 0 Å². The summed E-state index contributed by atoms with van der Waals surface area (Å²) in [6.07, 6.45) is 0. The molecule has 2 aromatic carbocycles. The van der Waals surface area contributed by atoms with Crippen molar-refractivity contribution in [1.82, 2.24) is 5.32 Å². The number of rotatable bonds is 7. The van der Waals surface area contributed by atoms with Crippen LogP contribution in [-0.2, 0) is 0 Å². The van der Waals surface area contributed by atoms with E-state index in [9.17, 15) is 14.9 Å². The van der Waals surface area contributed by atoms with Crippen molar-refractivity contribution in [2.24, 2.45) is 5.92 Å². The van der Waals surface area contributed by atoms with E-state index in [-0.39, 0.29) is 17.6 Å². The van der Waals surface area contributed by atoms with Gasteiger partial charge in [0.25, 0.3) is 0 Å². The van der Waals surface area contributed by atoms with Gasteiger partial charge in [-0.1, -0.05) is 0 Å². The van der Waals surface area contributed by atoms with Crippen LogP contribution in [0, 0.1) is 16.0 Å². The van der Waals surface area contributed by atoms with Crippen LogP contribution >= 0.6 is 0 Å². The molecule has 0 radical (unpaired) electrons. The molecule has 24 heavy (non-hydrogen) atoms. The standard InChI is InChI=1S/C18H20N2O3Se/c1-13(2)17(12-24-16-6-4-3-5-7-16)19-18(21)14-8-10-15(11-9-14)20(22)23/h3-11,13,17H,12H2,1-2H3,(H,19,21)/t17-/m1/s1. The van der Waals surface area contributed by atoms with Crippen molar-refractivity contribution in [3.8, 4) is 0 Å². The van der Waals surface area contributed by atoms with Gasteiger partial charge in [0.05, 0.1) is 0 Å². The van der Waals surface area contributed by atoms with E-state index in [1.165, 1.54) is 28.7 Å². The van der Waals surface area contributed by atoms with Crippen LogP contribution in [0.1, 0.15) is 24.2 Å². The van der Waals surface area contributed by atoms with Gasteiger partial charge < -0.3 is 0 Å². The van der Waals surface area contributed by atoms with Gasteiger partial charge in [-0.3, -0.25) is 0 Å². The Kier molecular flexibility index (Phi) is 6.52.